The van der Waals surface area contributed by atoms with Gasteiger partial charge in [0, 0.05) is 32.0 Å². The van der Waals surface area contributed by atoms with Crippen molar-refractivity contribution in [3.8, 4) is 0 Å². The fourth-order valence-electron chi connectivity index (χ4n) is 2.42. The van der Waals surface area contributed by atoms with Crippen molar-refractivity contribution in [3.63, 3.8) is 0 Å². The molecule has 0 aromatic carbocycles. The van der Waals surface area contributed by atoms with Gasteiger partial charge in [0.05, 0.1) is 0 Å². The number of carbonyl (C=O) groups is 1. The smallest absolute Gasteiger partial charge is 0.135 e. The highest BCUT2D eigenvalue weighted by Crippen LogP contribution is 2.18. The van der Waals surface area contributed by atoms with Crippen LogP contribution in [0.5, 0.6) is 0 Å². The number of unbranched alkanes of at least 4 members (excludes halogenated alkanes) is 1. The van der Waals surface area contributed by atoms with Gasteiger partial charge in [0.2, 0.25) is 0 Å². The molecule has 0 N–H and O–H groups in total. The van der Waals surface area contributed by atoms with E-state index in [2.05, 4.69) is 18.7 Å². The molecule has 88 valence electrons. The fourth-order valence-corrected chi connectivity index (χ4v) is 2.42. The van der Waals surface area contributed by atoms with E-state index in [4.69, 9.17) is 0 Å². The summed E-state index contributed by atoms with van der Waals surface area (Å²) in [5.74, 6) is 0.456. The standard InChI is InChI=1S/C13H25NO/c1-3-5-7-12(6-4-2)14-10-8-13(15)9-11-14/h12H,3-11H2,1-2H3. The number of ketones is 1. The molecular weight excluding hydrogens is 186 g/mol. The summed E-state index contributed by atoms with van der Waals surface area (Å²) in [6.45, 7) is 6.53. The van der Waals surface area contributed by atoms with Crippen LogP contribution in [0.4, 0.5) is 0 Å². The van der Waals surface area contributed by atoms with Crippen molar-refractivity contribution in [2.75, 3.05) is 13.1 Å². The zero-order valence-electron chi connectivity index (χ0n) is 10.3. The minimum absolute atomic E-state index is 0.456. The van der Waals surface area contributed by atoms with Gasteiger partial charge >= 0.3 is 0 Å². The van der Waals surface area contributed by atoms with Crippen molar-refractivity contribution < 1.29 is 4.79 Å². The van der Waals surface area contributed by atoms with E-state index in [1.54, 1.807) is 0 Å². The van der Waals surface area contributed by atoms with Crippen LogP contribution in [0.2, 0.25) is 0 Å². The first-order valence-corrected chi connectivity index (χ1v) is 6.53. The molecule has 0 aromatic heterocycles. The molecule has 0 radical (unpaired) electrons. The van der Waals surface area contributed by atoms with Crippen LogP contribution < -0.4 is 0 Å². The zero-order chi connectivity index (χ0) is 11.1. The summed E-state index contributed by atoms with van der Waals surface area (Å²) < 4.78 is 0. The van der Waals surface area contributed by atoms with Gasteiger partial charge in [0.1, 0.15) is 5.78 Å². The topological polar surface area (TPSA) is 20.3 Å². The monoisotopic (exact) mass is 211 g/mol. The molecule has 15 heavy (non-hydrogen) atoms. The van der Waals surface area contributed by atoms with E-state index in [-0.39, 0.29) is 0 Å². The molecule has 0 spiro atoms. The maximum absolute atomic E-state index is 11.2. The third-order valence-electron chi connectivity index (χ3n) is 3.38. The first-order valence-electron chi connectivity index (χ1n) is 6.53. The molecule has 0 bridgehead atoms. The summed E-state index contributed by atoms with van der Waals surface area (Å²) in [5.41, 5.74) is 0. The second-order valence-corrected chi connectivity index (χ2v) is 4.66. The van der Waals surface area contributed by atoms with Gasteiger partial charge in [-0.1, -0.05) is 33.1 Å². The van der Waals surface area contributed by atoms with Crippen LogP contribution in [0.25, 0.3) is 0 Å². The predicted octanol–water partition coefficient (Wildman–Crippen LogP) is 3.01. The highest BCUT2D eigenvalue weighted by Gasteiger charge is 2.22. The number of hydrogen-bond donors (Lipinski definition) is 0. The second kappa shape index (κ2) is 7.00. The molecule has 1 unspecified atom stereocenters. The average molecular weight is 211 g/mol. The van der Waals surface area contributed by atoms with Gasteiger partial charge in [-0.3, -0.25) is 9.69 Å². The highest BCUT2D eigenvalue weighted by molar-refractivity contribution is 5.79. The second-order valence-electron chi connectivity index (χ2n) is 4.66. The molecule has 1 atom stereocenters. The molecule has 0 amide bonds. The quantitative estimate of drug-likeness (QED) is 0.673. The maximum Gasteiger partial charge on any atom is 0.135 e. The van der Waals surface area contributed by atoms with Crippen LogP contribution in [0.15, 0.2) is 0 Å². The van der Waals surface area contributed by atoms with E-state index in [0.29, 0.717) is 5.78 Å². The Morgan fingerprint density at radius 2 is 1.80 bits per heavy atom. The van der Waals surface area contributed by atoms with Crippen molar-refractivity contribution in [2.24, 2.45) is 0 Å². The third kappa shape index (κ3) is 4.33. The summed E-state index contributed by atoms with van der Waals surface area (Å²) in [6, 6.07) is 0.739. The van der Waals surface area contributed by atoms with E-state index < -0.39 is 0 Å². The Balaban J connectivity index is 2.36. The summed E-state index contributed by atoms with van der Waals surface area (Å²) in [7, 11) is 0. The molecule has 0 aromatic rings. The van der Waals surface area contributed by atoms with E-state index >= 15 is 0 Å². The summed E-state index contributed by atoms with van der Waals surface area (Å²) in [4.78, 5) is 13.7. The normalized spacial score (nSPS) is 20.5. The van der Waals surface area contributed by atoms with Crippen molar-refractivity contribution in [3.05, 3.63) is 0 Å². The van der Waals surface area contributed by atoms with Gasteiger partial charge in [-0.05, 0) is 12.8 Å². The molecule has 2 nitrogen and oxygen atoms in total. The summed E-state index contributed by atoms with van der Waals surface area (Å²) >= 11 is 0. The van der Waals surface area contributed by atoms with Crippen LogP contribution in [0, 0.1) is 0 Å². The number of likely N-dealkylation sites (tertiary alicyclic amines) is 1. The molecule has 1 rings (SSSR count). The van der Waals surface area contributed by atoms with Gasteiger partial charge in [0.25, 0.3) is 0 Å². The first-order chi connectivity index (χ1) is 7.27. The molecule has 1 heterocycles. The number of rotatable bonds is 6. The van der Waals surface area contributed by atoms with Gasteiger partial charge in [-0.2, -0.15) is 0 Å². The van der Waals surface area contributed by atoms with Crippen molar-refractivity contribution >= 4 is 5.78 Å². The maximum atomic E-state index is 11.2. The van der Waals surface area contributed by atoms with Crippen LogP contribution >= 0.6 is 0 Å². The Kier molecular flexibility index (Phi) is 5.92. The molecule has 0 saturated carbocycles. The zero-order valence-corrected chi connectivity index (χ0v) is 10.3. The Morgan fingerprint density at radius 3 is 2.33 bits per heavy atom. The Hall–Kier alpha value is -0.370. The lowest BCUT2D eigenvalue weighted by Gasteiger charge is -2.34. The van der Waals surface area contributed by atoms with Gasteiger partial charge in [-0.15, -0.1) is 0 Å². The Bertz CT molecular complexity index is 181. The summed E-state index contributed by atoms with van der Waals surface area (Å²) in [6.07, 6.45) is 8.06. The number of carbonyl (C=O) groups excluding carboxylic acids is 1. The molecule has 1 aliphatic heterocycles. The number of Topliss-reactive ketones (excluding diaryl/α,β-unsaturated/α-hetero) is 1. The summed E-state index contributed by atoms with van der Waals surface area (Å²) in [5, 5.41) is 0. The van der Waals surface area contributed by atoms with E-state index in [1.807, 2.05) is 0 Å². The average Bonchev–Trinajstić information content (AvgIpc) is 2.25. The van der Waals surface area contributed by atoms with Gasteiger partial charge in [0.15, 0.2) is 0 Å². The molecule has 0 aliphatic carbocycles. The lowest BCUT2D eigenvalue weighted by molar-refractivity contribution is -0.122. The molecule has 1 saturated heterocycles. The Labute approximate surface area is 94.0 Å². The van der Waals surface area contributed by atoms with E-state index in [9.17, 15) is 4.79 Å². The molecule has 1 aliphatic rings. The van der Waals surface area contributed by atoms with Gasteiger partial charge < -0.3 is 0 Å². The third-order valence-corrected chi connectivity index (χ3v) is 3.38. The minimum atomic E-state index is 0.456. The Morgan fingerprint density at radius 1 is 1.13 bits per heavy atom. The SMILES string of the molecule is CCCCC(CCC)N1CCC(=O)CC1. The van der Waals surface area contributed by atoms with E-state index in [1.165, 1.54) is 32.1 Å². The van der Waals surface area contributed by atoms with Crippen molar-refractivity contribution in [1.82, 2.24) is 4.90 Å². The van der Waals surface area contributed by atoms with Crippen LogP contribution in [0.3, 0.4) is 0 Å². The number of nitrogens with zero attached hydrogens (tertiary/aromatic N) is 1. The highest BCUT2D eigenvalue weighted by atomic mass is 16.1. The first kappa shape index (κ1) is 12.7. The molecule has 2 heteroatoms. The van der Waals surface area contributed by atoms with Crippen LogP contribution in [0.1, 0.15) is 58.8 Å². The number of piperidine rings is 1. The van der Waals surface area contributed by atoms with E-state index in [0.717, 1.165) is 32.0 Å². The van der Waals surface area contributed by atoms with Crippen molar-refractivity contribution in [1.29, 1.82) is 0 Å². The van der Waals surface area contributed by atoms with Crippen LogP contribution in [-0.4, -0.2) is 29.8 Å². The molecule has 1 fully saturated rings. The fraction of sp³-hybridized carbons (Fsp3) is 0.923. The predicted molar refractivity (Wildman–Crippen MR) is 64.0 cm³/mol. The minimum Gasteiger partial charge on any atom is -0.300 e. The van der Waals surface area contributed by atoms with Crippen molar-refractivity contribution in [2.45, 2.75) is 64.8 Å². The number of hydrogen-bond acceptors (Lipinski definition) is 2. The largest absolute Gasteiger partial charge is 0.300 e. The van der Waals surface area contributed by atoms with Gasteiger partial charge in [-0.25, -0.2) is 0 Å². The van der Waals surface area contributed by atoms with Crippen LogP contribution in [-0.2, 0) is 4.79 Å². The molecular formula is C13H25NO. The lowest BCUT2D eigenvalue weighted by Crippen LogP contribution is -2.41. The lowest BCUT2D eigenvalue weighted by atomic mass is 10.00.